The first kappa shape index (κ1) is 27.7. The highest BCUT2D eigenvalue weighted by atomic mass is 35.5. The minimum Gasteiger partial charge on any atom is -0.462 e. The zero-order valence-electron chi connectivity index (χ0n) is 24.1. The first-order valence-electron chi connectivity index (χ1n) is 14.6. The van der Waals surface area contributed by atoms with Crippen molar-refractivity contribution in [2.24, 2.45) is 0 Å². The van der Waals surface area contributed by atoms with Crippen molar-refractivity contribution in [3.8, 4) is 0 Å². The van der Waals surface area contributed by atoms with Crippen LogP contribution < -0.4 is 9.80 Å². The van der Waals surface area contributed by atoms with Crippen LogP contribution in [-0.2, 0) is 15.3 Å². The summed E-state index contributed by atoms with van der Waals surface area (Å²) in [5, 5.41) is 0.523. The lowest BCUT2D eigenvalue weighted by molar-refractivity contribution is -0.122. The van der Waals surface area contributed by atoms with Crippen molar-refractivity contribution < 1.29 is 14.3 Å². The Balaban J connectivity index is 1.56. The van der Waals surface area contributed by atoms with Gasteiger partial charge in [-0.25, -0.2) is 0 Å². The van der Waals surface area contributed by atoms with Gasteiger partial charge < -0.3 is 4.74 Å². The van der Waals surface area contributed by atoms with Crippen LogP contribution in [0.1, 0.15) is 46.4 Å². The maximum atomic E-state index is 14.8. The summed E-state index contributed by atoms with van der Waals surface area (Å²) in [6, 6.07) is 43.2. The monoisotopic (exact) mass is 596 g/mol. The molecule has 0 saturated heterocycles. The highest BCUT2D eigenvalue weighted by Gasteiger charge is 2.55. The van der Waals surface area contributed by atoms with Crippen molar-refractivity contribution in [1.82, 2.24) is 0 Å². The van der Waals surface area contributed by atoms with Crippen molar-refractivity contribution >= 4 is 40.5 Å². The van der Waals surface area contributed by atoms with Gasteiger partial charge in [0.05, 0.1) is 23.0 Å². The molecule has 2 aliphatic heterocycles. The van der Waals surface area contributed by atoms with E-state index in [2.05, 4.69) is 0 Å². The maximum absolute atomic E-state index is 14.8. The van der Waals surface area contributed by atoms with Crippen molar-refractivity contribution in [2.75, 3.05) is 9.80 Å². The van der Waals surface area contributed by atoms with Crippen LogP contribution in [-0.4, -0.2) is 11.8 Å². The minimum atomic E-state index is -1.32. The lowest BCUT2D eigenvalue weighted by Crippen LogP contribution is -2.55. The van der Waals surface area contributed by atoms with E-state index in [1.54, 1.807) is 28.9 Å². The van der Waals surface area contributed by atoms with Gasteiger partial charge in [0.2, 0.25) is 5.72 Å². The quantitative estimate of drug-likeness (QED) is 0.208. The molecule has 2 heterocycles. The molecule has 0 spiro atoms. The van der Waals surface area contributed by atoms with Crippen LogP contribution in [0.5, 0.6) is 0 Å². The Kier molecular flexibility index (Phi) is 7.03. The van der Waals surface area contributed by atoms with Crippen LogP contribution in [0.3, 0.4) is 0 Å². The number of benzene rings is 5. The molecule has 0 bridgehead atoms. The lowest BCUT2D eigenvalue weighted by atomic mass is 9.87. The molecule has 0 unspecified atom stereocenters. The molecule has 5 nitrogen and oxygen atoms in total. The second kappa shape index (κ2) is 11.2. The molecule has 5 aromatic rings. The standard InChI is InChI=1S/C38H29ClN2O3/c1-26-35(27-15-5-2-6-16-27)44-38(29-19-9-4-10-20-29)25-34(30-21-11-12-22-31(30)39)40(37(43)28-17-7-3-8-18-28)32-23-13-14-24-33(32)41(38)36(26)42/h2-24,34H,25H2,1H3/t34-,38+/m0/s1. The average molecular weight is 597 g/mol. The molecule has 7 rings (SSSR count). The van der Waals surface area contributed by atoms with E-state index >= 15 is 0 Å². The van der Waals surface area contributed by atoms with Gasteiger partial charge in [-0.05, 0) is 42.8 Å². The van der Waals surface area contributed by atoms with Crippen LogP contribution in [0.2, 0.25) is 5.02 Å². The Morgan fingerprint density at radius 1 is 0.750 bits per heavy atom. The normalized spacial score (nSPS) is 19.5. The number of amides is 2. The molecule has 0 aromatic heterocycles. The van der Waals surface area contributed by atoms with Gasteiger partial charge in [0.1, 0.15) is 5.76 Å². The fraction of sp³-hybridized carbons (Fsp3) is 0.105. The van der Waals surface area contributed by atoms with Crippen LogP contribution in [0.25, 0.3) is 5.76 Å². The third-order valence-electron chi connectivity index (χ3n) is 8.43. The van der Waals surface area contributed by atoms with Gasteiger partial charge in [0.25, 0.3) is 11.8 Å². The molecule has 2 aliphatic rings. The Labute approximate surface area is 261 Å². The molecular formula is C38H29ClN2O3. The van der Waals surface area contributed by atoms with Crippen LogP contribution in [0.4, 0.5) is 11.4 Å². The van der Waals surface area contributed by atoms with Crippen LogP contribution >= 0.6 is 11.6 Å². The molecule has 6 heteroatoms. The molecule has 0 aliphatic carbocycles. The largest absolute Gasteiger partial charge is 0.462 e. The number of para-hydroxylation sites is 2. The number of carbonyl (C=O) groups is 2. The van der Waals surface area contributed by atoms with Gasteiger partial charge in [-0.15, -0.1) is 0 Å². The molecule has 44 heavy (non-hydrogen) atoms. The minimum absolute atomic E-state index is 0.196. The molecule has 0 radical (unpaired) electrons. The lowest BCUT2D eigenvalue weighted by Gasteiger charge is -2.47. The van der Waals surface area contributed by atoms with Gasteiger partial charge >= 0.3 is 0 Å². The van der Waals surface area contributed by atoms with E-state index in [1.165, 1.54) is 0 Å². The molecule has 5 aromatic carbocycles. The molecule has 0 saturated carbocycles. The van der Waals surface area contributed by atoms with Crippen molar-refractivity contribution in [2.45, 2.75) is 25.1 Å². The molecule has 0 fully saturated rings. The number of fused-ring (bicyclic) bond motifs is 3. The smallest absolute Gasteiger partial charge is 0.261 e. The number of nitrogens with zero attached hydrogens (tertiary/aromatic N) is 2. The predicted molar refractivity (Wildman–Crippen MR) is 174 cm³/mol. The second-order valence-electron chi connectivity index (χ2n) is 11.0. The Morgan fingerprint density at radius 2 is 1.32 bits per heavy atom. The molecule has 0 N–H and O–H groups in total. The van der Waals surface area contributed by atoms with Crippen LogP contribution in [0, 0.1) is 0 Å². The van der Waals surface area contributed by atoms with E-state index in [0.717, 1.165) is 16.7 Å². The number of anilines is 2. The predicted octanol–water partition coefficient (Wildman–Crippen LogP) is 8.78. The fourth-order valence-electron chi connectivity index (χ4n) is 6.37. The summed E-state index contributed by atoms with van der Waals surface area (Å²) in [7, 11) is 0. The Hall–Kier alpha value is -5.13. The van der Waals surface area contributed by atoms with E-state index in [9.17, 15) is 9.59 Å². The highest BCUT2D eigenvalue weighted by Crippen LogP contribution is 2.55. The summed E-state index contributed by atoms with van der Waals surface area (Å²) in [5.41, 5.74) is 3.20. The fourth-order valence-corrected chi connectivity index (χ4v) is 6.63. The topological polar surface area (TPSA) is 49.9 Å². The van der Waals surface area contributed by atoms with E-state index in [1.807, 2.05) is 127 Å². The highest BCUT2D eigenvalue weighted by molar-refractivity contribution is 6.31. The number of ether oxygens (including phenoxy) is 1. The summed E-state index contributed by atoms with van der Waals surface area (Å²) in [6.45, 7) is 1.80. The van der Waals surface area contributed by atoms with Crippen molar-refractivity contribution in [1.29, 1.82) is 0 Å². The summed E-state index contributed by atoms with van der Waals surface area (Å²) < 4.78 is 7.20. The summed E-state index contributed by atoms with van der Waals surface area (Å²) in [5.74, 6) is 0.110. The Bertz CT molecular complexity index is 1890. The van der Waals surface area contributed by atoms with E-state index < -0.39 is 11.8 Å². The average Bonchev–Trinajstić information content (AvgIpc) is 3.21. The van der Waals surface area contributed by atoms with E-state index in [-0.39, 0.29) is 18.2 Å². The number of halogens is 1. The van der Waals surface area contributed by atoms with Gasteiger partial charge in [-0.1, -0.05) is 121 Å². The maximum Gasteiger partial charge on any atom is 0.261 e. The molecule has 2 amide bonds. The van der Waals surface area contributed by atoms with Gasteiger partial charge in [-0.2, -0.15) is 0 Å². The van der Waals surface area contributed by atoms with Crippen LogP contribution in [0.15, 0.2) is 145 Å². The molecule has 216 valence electrons. The number of carbonyl (C=O) groups excluding carboxylic acids is 2. The SMILES string of the molecule is CC1=C(c2ccccc2)O[C@@]2(c3ccccc3)C[C@@H](c3ccccc3Cl)N(C(=O)c3ccccc3)c3ccccc3N2C1=O. The van der Waals surface area contributed by atoms with E-state index in [0.29, 0.717) is 33.3 Å². The van der Waals surface area contributed by atoms with Gasteiger partial charge in [-0.3, -0.25) is 19.4 Å². The molecule has 2 atom stereocenters. The summed E-state index contributed by atoms with van der Waals surface area (Å²) in [6.07, 6.45) is 0.212. The Morgan fingerprint density at radius 3 is 2.00 bits per heavy atom. The van der Waals surface area contributed by atoms with Gasteiger partial charge in [0.15, 0.2) is 0 Å². The van der Waals surface area contributed by atoms with Crippen molar-refractivity contribution in [3.05, 3.63) is 172 Å². The summed E-state index contributed by atoms with van der Waals surface area (Å²) in [4.78, 5) is 32.9. The first-order chi connectivity index (χ1) is 21.5. The first-order valence-corrected chi connectivity index (χ1v) is 14.9. The second-order valence-corrected chi connectivity index (χ2v) is 11.4. The van der Waals surface area contributed by atoms with E-state index in [4.69, 9.17) is 16.3 Å². The zero-order valence-corrected chi connectivity index (χ0v) is 24.8. The number of hydrogen-bond acceptors (Lipinski definition) is 3. The summed E-state index contributed by atoms with van der Waals surface area (Å²) >= 11 is 6.93. The third kappa shape index (κ3) is 4.48. The van der Waals surface area contributed by atoms with Crippen molar-refractivity contribution in [3.63, 3.8) is 0 Å². The number of hydrogen-bond donors (Lipinski definition) is 0. The third-order valence-corrected chi connectivity index (χ3v) is 8.77. The van der Waals surface area contributed by atoms with Gasteiger partial charge in [0, 0.05) is 28.1 Å². The molecular weight excluding hydrogens is 568 g/mol. The number of rotatable bonds is 4. The zero-order chi connectivity index (χ0) is 30.3.